The summed E-state index contributed by atoms with van der Waals surface area (Å²) in [6, 6.07) is -0.130. The third-order valence-electron chi connectivity index (χ3n) is 3.11. The normalized spacial score (nSPS) is 25.4. The second kappa shape index (κ2) is 7.81. The summed E-state index contributed by atoms with van der Waals surface area (Å²) >= 11 is 5.75. The van der Waals surface area contributed by atoms with Crippen molar-refractivity contribution >= 4 is 35.3 Å². The van der Waals surface area contributed by atoms with Crippen LogP contribution in [0.25, 0.3) is 0 Å². The zero-order valence-corrected chi connectivity index (χ0v) is 13.8. The van der Waals surface area contributed by atoms with E-state index in [9.17, 15) is 0 Å². The van der Waals surface area contributed by atoms with Crippen LogP contribution in [0.1, 0.15) is 42.8 Å². The van der Waals surface area contributed by atoms with Gasteiger partial charge in [0.2, 0.25) is 5.89 Å². The first-order chi connectivity index (χ1) is 9.26. The first-order valence-corrected chi connectivity index (χ1v) is 10.1. The summed E-state index contributed by atoms with van der Waals surface area (Å²) in [5, 5.41) is 5.11. The SMILES string of the molecule is CCC1SCCSC1c1noc([C@H](N)CCSC)n1. The van der Waals surface area contributed by atoms with Gasteiger partial charge in [-0.1, -0.05) is 12.1 Å². The molecule has 1 saturated heterocycles. The lowest BCUT2D eigenvalue weighted by Crippen LogP contribution is -2.19. The van der Waals surface area contributed by atoms with E-state index in [0.29, 0.717) is 16.4 Å². The molecular formula is C12H21N3OS3. The zero-order valence-electron chi connectivity index (χ0n) is 11.4. The van der Waals surface area contributed by atoms with Crippen LogP contribution in [0.3, 0.4) is 0 Å². The van der Waals surface area contributed by atoms with Gasteiger partial charge in [0.1, 0.15) is 0 Å². The van der Waals surface area contributed by atoms with Gasteiger partial charge in [0.15, 0.2) is 5.82 Å². The molecule has 0 aliphatic carbocycles. The van der Waals surface area contributed by atoms with Gasteiger partial charge < -0.3 is 10.3 Å². The highest BCUT2D eigenvalue weighted by Gasteiger charge is 2.30. The van der Waals surface area contributed by atoms with Crippen molar-refractivity contribution < 1.29 is 4.52 Å². The largest absolute Gasteiger partial charge is 0.338 e. The number of nitrogens with two attached hydrogens (primary N) is 1. The molecule has 0 bridgehead atoms. The highest BCUT2D eigenvalue weighted by molar-refractivity contribution is 8.06. The Morgan fingerprint density at radius 3 is 3.00 bits per heavy atom. The van der Waals surface area contributed by atoms with E-state index >= 15 is 0 Å². The molecule has 7 heteroatoms. The van der Waals surface area contributed by atoms with Crippen LogP contribution in [0.15, 0.2) is 4.52 Å². The predicted molar refractivity (Wildman–Crippen MR) is 86.0 cm³/mol. The highest BCUT2D eigenvalue weighted by Crippen LogP contribution is 2.43. The second-order valence-electron chi connectivity index (χ2n) is 4.49. The number of hydrogen-bond acceptors (Lipinski definition) is 7. The molecule has 0 amide bonds. The summed E-state index contributed by atoms with van der Waals surface area (Å²) in [7, 11) is 0. The standard InChI is InChI=1S/C12H21N3OS3/c1-3-9-10(19-7-6-18-9)11-14-12(16-15-11)8(13)4-5-17-2/h8-10H,3-7,13H2,1-2H3/t8-,9?,10?/m1/s1. The van der Waals surface area contributed by atoms with Crippen molar-refractivity contribution in [2.75, 3.05) is 23.5 Å². The molecule has 2 N–H and O–H groups in total. The Morgan fingerprint density at radius 1 is 1.47 bits per heavy atom. The van der Waals surface area contributed by atoms with Gasteiger partial charge in [0, 0.05) is 16.8 Å². The molecule has 1 aliphatic heterocycles. The summed E-state index contributed by atoms with van der Waals surface area (Å²) in [6.45, 7) is 2.22. The first-order valence-electron chi connectivity index (χ1n) is 6.57. The molecule has 4 nitrogen and oxygen atoms in total. The maximum Gasteiger partial charge on any atom is 0.243 e. The van der Waals surface area contributed by atoms with Crippen LogP contribution in [0.2, 0.25) is 0 Å². The van der Waals surface area contributed by atoms with Crippen molar-refractivity contribution in [3.8, 4) is 0 Å². The number of nitrogens with zero attached hydrogens (tertiary/aromatic N) is 2. The van der Waals surface area contributed by atoms with E-state index in [1.807, 2.05) is 23.5 Å². The van der Waals surface area contributed by atoms with Crippen LogP contribution < -0.4 is 5.73 Å². The Labute approximate surface area is 127 Å². The third kappa shape index (κ3) is 4.06. The molecule has 1 aromatic rings. The van der Waals surface area contributed by atoms with E-state index in [1.54, 1.807) is 11.8 Å². The van der Waals surface area contributed by atoms with Gasteiger partial charge in [-0.15, -0.1) is 11.8 Å². The zero-order chi connectivity index (χ0) is 13.7. The molecule has 2 heterocycles. The Hall–Kier alpha value is 0.150. The van der Waals surface area contributed by atoms with Crippen molar-refractivity contribution in [1.82, 2.24) is 10.1 Å². The molecule has 0 spiro atoms. The average molecular weight is 320 g/mol. The third-order valence-corrected chi connectivity index (χ3v) is 7.00. The monoisotopic (exact) mass is 319 g/mol. The number of thioether (sulfide) groups is 3. The predicted octanol–water partition coefficient (Wildman–Crippen LogP) is 3.12. The van der Waals surface area contributed by atoms with E-state index < -0.39 is 0 Å². The molecule has 2 rings (SSSR count). The Morgan fingerprint density at radius 2 is 2.26 bits per heavy atom. The van der Waals surface area contributed by atoms with Crippen molar-refractivity contribution in [3.05, 3.63) is 11.7 Å². The minimum Gasteiger partial charge on any atom is -0.338 e. The van der Waals surface area contributed by atoms with Gasteiger partial charge in [0.25, 0.3) is 0 Å². The quantitative estimate of drug-likeness (QED) is 0.864. The fraction of sp³-hybridized carbons (Fsp3) is 0.833. The highest BCUT2D eigenvalue weighted by atomic mass is 32.2. The molecular weight excluding hydrogens is 298 g/mol. The molecule has 1 aliphatic rings. The Balaban J connectivity index is 2.02. The van der Waals surface area contributed by atoms with Gasteiger partial charge in [-0.05, 0) is 24.9 Å². The Kier molecular flexibility index (Phi) is 6.38. The van der Waals surface area contributed by atoms with Gasteiger partial charge in [-0.2, -0.15) is 28.5 Å². The van der Waals surface area contributed by atoms with Crippen LogP contribution in [-0.2, 0) is 0 Å². The molecule has 0 radical (unpaired) electrons. The molecule has 19 heavy (non-hydrogen) atoms. The van der Waals surface area contributed by atoms with Gasteiger partial charge >= 0.3 is 0 Å². The minimum atomic E-state index is -0.130. The molecule has 108 valence electrons. The van der Waals surface area contributed by atoms with Crippen LogP contribution in [0.5, 0.6) is 0 Å². The van der Waals surface area contributed by atoms with Crippen LogP contribution in [-0.4, -0.2) is 38.9 Å². The summed E-state index contributed by atoms with van der Waals surface area (Å²) in [5.74, 6) is 4.82. The summed E-state index contributed by atoms with van der Waals surface area (Å²) < 4.78 is 5.35. The van der Waals surface area contributed by atoms with Crippen LogP contribution in [0.4, 0.5) is 0 Å². The maximum absolute atomic E-state index is 6.07. The van der Waals surface area contributed by atoms with Gasteiger partial charge in [-0.3, -0.25) is 0 Å². The topological polar surface area (TPSA) is 64.9 Å². The van der Waals surface area contributed by atoms with E-state index in [4.69, 9.17) is 10.3 Å². The minimum absolute atomic E-state index is 0.130. The summed E-state index contributed by atoms with van der Waals surface area (Å²) in [5.41, 5.74) is 6.07. The maximum atomic E-state index is 6.07. The summed E-state index contributed by atoms with van der Waals surface area (Å²) in [6.07, 6.45) is 4.10. The van der Waals surface area contributed by atoms with Gasteiger partial charge in [0.05, 0.1) is 11.3 Å². The lowest BCUT2D eigenvalue weighted by atomic mass is 10.2. The fourth-order valence-electron chi connectivity index (χ4n) is 2.02. The van der Waals surface area contributed by atoms with Crippen LogP contribution >= 0.6 is 35.3 Å². The van der Waals surface area contributed by atoms with Crippen LogP contribution in [0, 0.1) is 0 Å². The van der Waals surface area contributed by atoms with E-state index in [0.717, 1.165) is 30.2 Å². The molecule has 1 fully saturated rings. The molecule has 0 aromatic carbocycles. The fourth-order valence-corrected chi connectivity index (χ4v) is 5.50. The smallest absolute Gasteiger partial charge is 0.243 e. The van der Waals surface area contributed by atoms with E-state index in [1.165, 1.54) is 5.75 Å². The Bertz CT molecular complexity index is 388. The molecule has 3 atom stereocenters. The van der Waals surface area contributed by atoms with Crippen molar-refractivity contribution in [3.63, 3.8) is 0 Å². The lowest BCUT2D eigenvalue weighted by Gasteiger charge is -2.27. The van der Waals surface area contributed by atoms with E-state index in [2.05, 4.69) is 23.3 Å². The first kappa shape index (κ1) is 15.5. The number of aromatic nitrogens is 2. The lowest BCUT2D eigenvalue weighted by molar-refractivity contribution is 0.348. The second-order valence-corrected chi connectivity index (χ2v) is 8.07. The molecule has 1 aromatic heterocycles. The number of hydrogen-bond donors (Lipinski definition) is 1. The summed E-state index contributed by atoms with van der Waals surface area (Å²) in [4.78, 5) is 4.54. The molecule has 2 unspecified atom stereocenters. The molecule has 0 saturated carbocycles. The van der Waals surface area contributed by atoms with E-state index in [-0.39, 0.29) is 6.04 Å². The van der Waals surface area contributed by atoms with Gasteiger partial charge in [-0.25, -0.2) is 0 Å². The van der Waals surface area contributed by atoms with Crippen molar-refractivity contribution in [2.24, 2.45) is 5.73 Å². The van der Waals surface area contributed by atoms with Crippen molar-refractivity contribution in [1.29, 1.82) is 0 Å². The van der Waals surface area contributed by atoms with Crippen molar-refractivity contribution in [2.45, 2.75) is 36.3 Å². The number of rotatable bonds is 6. The average Bonchev–Trinajstić information content (AvgIpc) is 2.94.